The maximum absolute atomic E-state index is 12.4. The summed E-state index contributed by atoms with van der Waals surface area (Å²) in [4.78, 5) is 37.6. The number of carbonyl (C=O) groups excluding carboxylic acids is 2. The van der Waals surface area contributed by atoms with Gasteiger partial charge in [0.25, 0.3) is 0 Å². The van der Waals surface area contributed by atoms with Crippen LogP contribution in [-0.2, 0) is 14.4 Å². The molecule has 0 radical (unpaired) electrons. The first-order valence-corrected chi connectivity index (χ1v) is 8.61. The van der Waals surface area contributed by atoms with Gasteiger partial charge in [-0.1, -0.05) is 34.6 Å². The normalized spacial score (nSPS) is 20.1. The molecule has 0 aromatic carbocycles. The Bertz CT molecular complexity index is 445. The van der Waals surface area contributed by atoms with Crippen molar-refractivity contribution in [3.63, 3.8) is 0 Å². The molecule has 7 heteroatoms. The Morgan fingerprint density at radius 2 is 1.91 bits per heavy atom. The van der Waals surface area contributed by atoms with E-state index in [1.165, 1.54) is 11.8 Å². The second-order valence-corrected chi connectivity index (χ2v) is 8.07. The number of amides is 2. The molecule has 0 aliphatic carbocycles. The number of nitrogens with zero attached hydrogens (tertiary/aromatic N) is 1. The summed E-state index contributed by atoms with van der Waals surface area (Å²) >= 11 is 1.51. The van der Waals surface area contributed by atoms with Gasteiger partial charge in [0.05, 0.1) is 5.88 Å². The van der Waals surface area contributed by atoms with Crippen molar-refractivity contribution < 1.29 is 19.5 Å². The molecule has 6 nitrogen and oxygen atoms in total. The van der Waals surface area contributed by atoms with Crippen LogP contribution in [0.5, 0.6) is 0 Å². The molecule has 2 amide bonds. The second-order valence-electron chi connectivity index (χ2n) is 7.07. The van der Waals surface area contributed by atoms with Crippen LogP contribution >= 0.6 is 11.8 Å². The number of carboxylic acids is 1. The van der Waals surface area contributed by atoms with Crippen LogP contribution in [-0.4, -0.2) is 51.5 Å². The van der Waals surface area contributed by atoms with Gasteiger partial charge in [0.2, 0.25) is 11.8 Å². The van der Waals surface area contributed by atoms with E-state index in [0.29, 0.717) is 18.1 Å². The maximum Gasteiger partial charge on any atom is 0.326 e. The van der Waals surface area contributed by atoms with Gasteiger partial charge in [-0.25, -0.2) is 4.79 Å². The summed E-state index contributed by atoms with van der Waals surface area (Å²) in [5.41, 5.74) is -0.562. The Morgan fingerprint density at radius 1 is 1.32 bits per heavy atom. The van der Waals surface area contributed by atoms with E-state index in [2.05, 4.69) is 5.32 Å². The molecule has 0 bridgehead atoms. The Balaban J connectivity index is 2.78. The molecule has 0 aromatic rings. The van der Waals surface area contributed by atoms with Gasteiger partial charge in [-0.15, -0.1) is 11.8 Å². The minimum Gasteiger partial charge on any atom is -0.480 e. The van der Waals surface area contributed by atoms with Gasteiger partial charge in [0, 0.05) is 11.2 Å². The number of nitrogens with one attached hydrogen (secondary N) is 1. The standard InChI is InChI=1S/C15H26N2O4S/c1-9(2)6-10(13(19)20)16-12(18)11-7-22-8-17(11)14(21)15(3,4)5/h9-11H,6-8H2,1-5H3,(H,16,18)(H,19,20)/t10-,11?/m1/s1. The molecule has 1 unspecified atom stereocenters. The quantitative estimate of drug-likeness (QED) is 0.799. The number of thioether (sulfide) groups is 1. The molecule has 0 aromatic heterocycles. The smallest absolute Gasteiger partial charge is 0.326 e. The van der Waals surface area contributed by atoms with Gasteiger partial charge in [0.15, 0.2) is 0 Å². The molecule has 1 fully saturated rings. The number of carboxylic acid groups (broad SMARTS) is 1. The number of rotatable bonds is 5. The monoisotopic (exact) mass is 330 g/mol. The van der Waals surface area contributed by atoms with E-state index >= 15 is 0 Å². The van der Waals surface area contributed by atoms with E-state index in [4.69, 9.17) is 0 Å². The average molecular weight is 330 g/mol. The SMILES string of the molecule is CC(C)C[C@@H](NC(=O)C1CSCN1C(=O)C(C)(C)C)C(=O)O. The zero-order valence-corrected chi connectivity index (χ0v) is 14.7. The summed E-state index contributed by atoms with van der Waals surface area (Å²) < 4.78 is 0. The van der Waals surface area contributed by atoms with E-state index < -0.39 is 23.5 Å². The number of hydrogen-bond acceptors (Lipinski definition) is 4. The predicted octanol–water partition coefficient (Wildman–Crippen LogP) is 1.55. The fourth-order valence-corrected chi connectivity index (χ4v) is 3.41. The average Bonchev–Trinajstić information content (AvgIpc) is 2.83. The first-order chi connectivity index (χ1) is 10.0. The summed E-state index contributed by atoms with van der Waals surface area (Å²) in [6, 6.07) is -1.50. The molecule has 0 spiro atoms. The van der Waals surface area contributed by atoms with Crippen LogP contribution < -0.4 is 5.32 Å². The third kappa shape index (κ3) is 4.90. The molecule has 1 rings (SSSR count). The summed E-state index contributed by atoms with van der Waals surface area (Å²) in [6.07, 6.45) is 0.369. The Morgan fingerprint density at radius 3 is 2.36 bits per heavy atom. The van der Waals surface area contributed by atoms with Crippen LogP contribution in [0.4, 0.5) is 0 Å². The van der Waals surface area contributed by atoms with E-state index in [9.17, 15) is 19.5 Å². The fourth-order valence-electron chi connectivity index (χ4n) is 2.25. The summed E-state index contributed by atoms with van der Waals surface area (Å²) in [5, 5.41) is 11.8. The van der Waals surface area contributed by atoms with Crippen molar-refractivity contribution in [2.24, 2.45) is 11.3 Å². The zero-order valence-electron chi connectivity index (χ0n) is 13.9. The van der Waals surface area contributed by atoms with E-state index in [1.807, 2.05) is 34.6 Å². The van der Waals surface area contributed by atoms with E-state index in [1.54, 1.807) is 4.90 Å². The van der Waals surface area contributed by atoms with Gasteiger partial charge < -0.3 is 15.3 Å². The van der Waals surface area contributed by atoms with Gasteiger partial charge in [0.1, 0.15) is 12.1 Å². The Labute approximate surface area is 136 Å². The molecule has 2 N–H and O–H groups in total. The zero-order chi connectivity index (χ0) is 17.1. The van der Waals surface area contributed by atoms with Gasteiger partial charge in [-0.05, 0) is 12.3 Å². The third-order valence-electron chi connectivity index (χ3n) is 3.41. The second kappa shape index (κ2) is 7.35. The van der Waals surface area contributed by atoms with Crippen molar-refractivity contribution in [2.75, 3.05) is 11.6 Å². The van der Waals surface area contributed by atoms with Gasteiger partial charge in [-0.3, -0.25) is 9.59 Å². The maximum atomic E-state index is 12.4. The lowest BCUT2D eigenvalue weighted by Gasteiger charge is -2.30. The molecule has 2 atom stereocenters. The third-order valence-corrected chi connectivity index (χ3v) is 4.42. The van der Waals surface area contributed by atoms with Crippen molar-refractivity contribution in [1.82, 2.24) is 10.2 Å². The highest BCUT2D eigenvalue weighted by molar-refractivity contribution is 7.99. The highest BCUT2D eigenvalue weighted by atomic mass is 32.2. The fraction of sp³-hybridized carbons (Fsp3) is 0.800. The topological polar surface area (TPSA) is 86.7 Å². The minimum absolute atomic E-state index is 0.0895. The molecular formula is C15H26N2O4S. The first-order valence-electron chi connectivity index (χ1n) is 7.46. The van der Waals surface area contributed by atoms with Crippen LogP contribution in [0.25, 0.3) is 0 Å². The molecule has 1 aliphatic heterocycles. The van der Waals surface area contributed by atoms with Crippen molar-refractivity contribution in [1.29, 1.82) is 0 Å². The lowest BCUT2D eigenvalue weighted by Crippen LogP contribution is -2.53. The summed E-state index contributed by atoms with van der Waals surface area (Å²) in [5.74, 6) is -0.380. The van der Waals surface area contributed by atoms with Crippen LogP contribution in [0.1, 0.15) is 41.0 Å². The van der Waals surface area contributed by atoms with Gasteiger partial charge >= 0.3 is 5.97 Å². The highest BCUT2D eigenvalue weighted by Gasteiger charge is 2.40. The molecule has 22 heavy (non-hydrogen) atoms. The van der Waals surface area contributed by atoms with Crippen molar-refractivity contribution in [3.05, 3.63) is 0 Å². The van der Waals surface area contributed by atoms with E-state index in [0.717, 1.165) is 0 Å². The number of hydrogen-bond donors (Lipinski definition) is 2. The molecule has 1 aliphatic rings. The highest BCUT2D eigenvalue weighted by Crippen LogP contribution is 2.27. The van der Waals surface area contributed by atoms with E-state index in [-0.39, 0.29) is 17.7 Å². The number of carbonyl (C=O) groups is 3. The van der Waals surface area contributed by atoms with Gasteiger partial charge in [-0.2, -0.15) is 0 Å². The van der Waals surface area contributed by atoms with Crippen LogP contribution in [0, 0.1) is 11.3 Å². The predicted molar refractivity (Wildman–Crippen MR) is 86.4 cm³/mol. The van der Waals surface area contributed by atoms with Crippen molar-refractivity contribution >= 4 is 29.5 Å². The van der Waals surface area contributed by atoms with Crippen molar-refractivity contribution in [2.45, 2.75) is 53.1 Å². The Hall–Kier alpha value is -1.24. The van der Waals surface area contributed by atoms with Crippen molar-refractivity contribution in [3.8, 4) is 0 Å². The molecular weight excluding hydrogens is 304 g/mol. The summed E-state index contributed by atoms with van der Waals surface area (Å²) in [7, 11) is 0. The lowest BCUT2D eigenvalue weighted by atomic mass is 9.94. The summed E-state index contributed by atoms with van der Waals surface area (Å²) in [6.45, 7) is 9.25. The molecule has 1 heterocycles. The van der Waals surface area contributed by atoms with Crippen LogP contribution in [0.3, 0.4) is 0 Å². The lowest BCUT2D eigenvalue weighted by molar-refractivity contribution is -0.146. The largest absolute Gasteiger partial charge is 0.480 e. The molecule has 1 saturated heterocycles. The first kappa shape index (κ1) is 18.8. The number of aliphatic carboxylic acids is 1. The molecule has 0 saturated carbocycles. The minimum atomic E-state index is -1.04. The van der Waals surface area contributed by atoms with Crippen LogP contribution in [0.15, 0.2) is 0 Å². The molecule has 126 valence electrons. The Kier molecular flexibility index (Phi) is 6.28. The van der Waals surface area contributed by atoms with Crippen LogP contribution in [0.2, 0.25) is 0 Å².